The van der Waals surface area contributed by atoms with Gasteiger partial charge in [0.25, 0.3) is 0 Å². The zero-order chi connectivity index (χ0) is 17.8. The number of nitrogens with one attached hydrogen (secondary N) is 3. The van der Waals surface area contributed by atoms with Crippen molar-refractivity contribution in [3.63, 3.8) is 0 Å². The Kier molecular flexibility index (Phi) is 5.00. The molecule has 0 spiro atoms. The normalized spacial score (nSPS) is 10.4. The summed E-state index contributed by atoms with van der Waals surface area (Å²) in [4.78, 5) is 16.8. The Labute approximate surface area is 151 Å². The maximum atomic E-state index is 12.3. The summed E-state index contributed by atoms with van der Waals surface area (Å²) >= 11 is 1.55. The number of rotatable bonds is 4. The highest BCUT2D eigenvalue weighted by Gasteiger charge is 2.08. The Morgan fingerprint density at radius 3 is 2.64 bits per heavy atom. The first-order valence-electron chi connectivity index (χ1n) is 7.95. The van der Waals surface area contributed by atoms with Crippen LogP contribution in [0, 0.1) is 13.8 Å². The Balaban J connectivity index is 1.73. The molecule has 0 atom stereocenters. The monoisotopic (exact) mass is 352 g/mol. The topological polar surface area (TPSA) is 66.0 Å². The molecule has 0 saturated heterocycles. The first-order valence-corrected chi connectivity index (χ1v) is 8.82. The van der Waals surface area contributed by atoms with Gasteiger partial charge in [-0.15, -0.1) is 11.3 Å². The molecule has 0 aliphatic rings. The fraction of sp³-hybridized carbons (Fsp3) is 0.158. The molecule has 6 heteroatoms. The Morgan fingerprint density at radius 2 is 1.88 bits per heavy atom. The van der Waals surface area contributed by atoms with Gasteiger partial charge >= 0.3 is 6.03 Å². The van der Waals surface area contributed by atoms with Crippen LogP contribution in [0.2, 0.25) is 0 Å². The van der Waals surface area contributed by atoms with Crippen LogP contribution in [0.3, 0.4) is 0 Å². The van der Waals surface area contributed by atoms with Gasteiger partial charge in [-0.3, -0.25) is 0 Å². The molecule has 3 N–H and O–H groups in total. The summed E-state index contributed by atoms with van der Waals surface area (Å²) in [6.07, 6.45) is 0. The van der Waals surface area contributed by atoms with E-state index in [2.05, 4.69) is 20.9 Å². The van der Waals surface area contributed by atoms with E-state index in [-0.39, 0.29) is 6.03 Å². The van der Waals surface area contributed by atoms with E-state index in [1.54, 1.807) is 11.3 Å². The number of aromatic nitrogens is 1. The van der Waals surface area contributed by atoms with Crippen molar-refractivity contribution in [3.05, 3.63) is 59.0 Å². The average Bonchev–Trinajstić information content (AvgIpc) is 3.08. The third-order valence-electron chi connectivity index (χ3n) is 3.99. The van der Waals surface area contributed by atoms with Crippen LogP contribution in [0.1, 0.15) is 11.1 Å². The highest BCUT2D eigenvalue weighted by Crippen LogP contribution is 2.26. The van der Waals surface area contributed by atoms with Crippen LogP contribution in [0.25, 0.3) is 11.3 Å². The highest BCUT2D eigenvalue weighted by molar-refractivity contribution is 7.14. The summed E-state index contributed by atoms with van der Waals surface area (Å²) < 4.78 is 0. The van der Waals surface area contributed by atoms with Gasteiger partial charge in [0.05, 0.1) is 5.69 Å². The molecular weight excluding hydrogens is 332 g/mol. The molecular formula is C19H20N4OS. The van der Waals surface area contributed by atoms with E-state index in [4.69, 9.17) is 0 Å². The predicted octanol–water partition coefficient (Wildman–Crippen LogP) is 5.11. The molecule has 0 unspecified atom stereocenters. The standard InChI is InChI=1S/C19H20N4OS/c1-12-6-4-9-16(13(12)2)22-18(24)21-15-8-5-7-14(10-15)17-11-25-19(20-3)23-17/h4-11H,1-3H3,(H,20,23)(H2,21,22,24). The first kappa shape index (κ1) is 17.0. The quantitative estimate of drug-likeness (QED) is 0.611. The van der Waals surface area contributed by atoms with Crippen molar-refractivity contribution in [1.82, 2.24) is 4.98 Å². The number of carbonyl (C=O) groups is 1. The molecule has 1 aromatic heterocycles. The number of urea groups is 1. The van der Waals surface area contributed by atoms with Crippen molar-refractivity contribution in [2.24, 2.45) is 0 Å². The van der Waals surface area contributed by atoms with Crippen LogP contribution in [-0.4, -0.2) is 18.1 Å². The molecule has 0 aliphatic carbocycles. The number of hydrogen-bond acceptors (Lipinski definition) is 4. The van der Waals surface area contributed by atoms with Crippen molar-refractivity contribution in [2.75, 3.05) is 23.0 Å². The van der Waals surface area contributed by atoms with Gasteiger partial charge in [-0.1, -0.05) is 24.3 Å². The summed E-state index contributed by atoms with van der Waals surface area (Å²) in [6.45, 7) is 4.02. The summed E-state index contributed by atoms with van der Waals surface area (Å²) in [7, 11) is 1.85. The van der Waals surface area contributed by atoms with E-state index in [9.17, 15) is 4.79 Å². The van der Waals surface area contributed by atoms with Gasteiger partial charge in [-0.2, -0.15) is 0 Å². The van der Waals surface area contributed by atoms with Gasteiger partial charge in [-0.05, 0) is 43.2 Å². The number of thiazole rings is 1. The minimum atomic E-state index is -0.264. The SMILES string of the molecule is CNc1nc(-c2cccc(NC(=O)Nc3cccc(C)c3C)c2)cs1. The second-order valence-electron chi connectivity index (χ2n) is 5.70. The molecule has 0 aliphatic heterocycles. The van der Waals surface area contributed by atoms with E-state index in [1.165, 1.54) is 0 Å². The average molecular weight is 352 g/mol. The van der Waals surface area contributed by atoms with E-state index < -0.39 is 0 Å². The maximum Gasteiger partial charge on any atom is 0.323 e. The first-order chi connectivity index (χ1) is 12.1. The number of nitrogens with zero attached hydrogens (tertiary/aromatic N) is 1. The molecule has 0 fully saturated rings. The molecule has 3 aromatic rings. The van der Waals surface area contributed by atoms with Gasteiger partial charge in [0, 0.05) is 29.4 Å². The highest BCUT2D eigenvalue weighted by atomic mass is 32.1. The van der Waals surface area contributed by atoms with Crippen LogP contribution >= 0.6 is 11.3 Å². The zero-order valence-corrected chi connectivity index (χ0v) is 15.2. The third-order valence-corrected chi connectivity index (χ3v) is 4.85. The molecule has 128 valence electrons. The summed E-state index contributed by atoms with van der Waals surface area (Å²) in [5.74, 6) is 0. The second-order valence-corrected chi connectivity index (χ2v) is 6.55. The number of carbonyl (C=O) groups excluding carboxylic acids is 1. The number of benzene rings is 2. The third kappa shape index (κ3) is 3.97. The van der Waals surface area contributed by atoms with Crippen molar-refractivity contribution < 1.29 is 4.79 Å². The fourth-order valence-electron chi connectivity index (χ4n) is 2.45. The van der Waals surface area contributed by atoms with Crippen LogP contribution in [0.4, 0.5) is 21.3 Å². The van der Waals surface area contributed by atoms with E-state index >= 15 is 0 Å². The molecule has 0 radical (unpaired) electrons. The lowest BCUT2D eigenvalue weighted by molar-refractivity contribution is 0.262. The number of amides is 2. The largest absolute Gasteiger partial charge is 0.365 e. The summed E-state index contributed by atoms with van der Waals surface area (Å²) in [6, 6.07) is 13.2. The Bertz CT molecular complexity index is 904. The number of anilines is 3. The predicted molar refractivity (Wildman–Crippen MR) is 106 cm³/mol. The minimum absolute atomic E-state index is 0.264. The van der Waals surface area contributed by atoms with E-state index in [0.717, 1.165) is 38.9 Å². The minimum Gasteiger partial charge on any atom is -0.365 e. The van der Waals surface area contributed by atoms with Crippen LogP contribution in [0.15, 0.2) is 47.8 Å². The number of aryl methyl sites for hydroxylation is 1. The van der Waals surface area contributed by atoms with Crippen LogP contribution in [-0.2, 0) is 0 Å². The van der Waals surface area contributed by atoms with Crippen molar-refractivity contribution in [3.8, 4) is 11.3 Å². The fourth-order valence-corrected chi connectivity index (χ4v) is 3.13. The molecule has 25 heavy (non-hydrogen) atoms. The summed E-state index contributed by atoms with van der Waals surface area (Å²) in [5, 5.41) is 11.7. The van der Waals surface area contributed by atoms with Crippen LogP contribution < -0.4 is 16.0 Å². The summed E-state index contributed by atoms with van der Waals surface area (Å²) in [5.41, 5.74) is 5.58. The van der Waals surface area contributed by atoms with E-state index in [0.29, 0.717) is 0 Å². The zero-order valence-electron chi connectivity index (χ0n) is 14.4. The van der Waals surface area contributed by atoms with E-state index in [1.807, 2.05) is 68.7 Å². The number of hydrogen-bond donors (Lipinski definition) is 3. The molecule has 0 bridgehead atoms. The smallest absolute Gasteiger partial charge is 0.323 e. The van der Waals surface area contributed by atoms with Crippen molar-refractivity contribution in [1.29, 1.82) is 0 Å². The van der Waals surface area contributed by atoms with Crippen molar-refractivity contribution in [2.45, 2.75) is 13.8 Å². The molecule has 2 amide bonds. The van der Waals surface area contributed by atoms with Crippen molar-refractivity contribution >= 4 is 33.9 Å². The molecule has 5 nitrogen and oxygen atoms in total. The van der Waals surface area contributed by atoms with Gasteiger partial charge in [0.15, 0.2) is 5.13 Å². The van der Waals surface area contributed by atoms with Crippen LogP contribution in [0.5, 0.6) is 0 Å². The lowest BCUT2D eigenvalue weighted by Crippen LogP contribution is -2.20. The van der Waals surface area contributed by atoms with Gasteiger partial charge in [0.1, 0.15) is 0 Å². The maximum absolute atomic E-state index is 12.3. The van der Waals surface area contributed by atoms with Gasteiger partial charge < -0.3 is 16.0 Å². The molecule has 3 rings (SSSR count). The van der Waals surface area contributed by atoms with Gasteiger partial charge in [0.2, 0.25) is 0 Å². The molecule has 1 heterocycles. The second kappa shape index (κ2) is 7.36. The Morgan fingerprint density at radius 1 is 1.08 bits per heavy atom. The lowest BCUT2D eigenvalue weighted by atomic mass is 10.1. The Hall–Kier alpha value is -2.86. The van der Waals surface area contributed by atoms with Gasteiger partial charge in [-0.25, -0.2) is 9.78 Å². The molecule has 2 aromatic carbocycles. The lowest BCUT2D eigenvalue weighted by Gasteiger charge is -2.12. The molecule has 0 saturated carbocycles.